The maximum absolute atomic E-state index is 14.0. The lowest BCUT2D eigenvalue weighted by Crippen LogP contribution is -2.43. The third-order valence-electron chi connectivity index (χ3n) is 3.89. The average Bonchev–Trinajstić information content (AvgIpc) is 3.30. The molecule has 0 aliphatic carbocycles. The SMILES string of the molecule is C=CCSc1nnc(NC(=O)[C@@H]2CCCN2S(=O)(=O)c2ccccc2F)s1. The molecule has 0 spiro atoms. The lowest BCUT2D eigenvalue weighted by Gasteiger charge is -2.23. The van der Waals surface area contributed by atoms with Gasteiger partial charge in [0, 0.05) is 12.3 Å². The summed E-state index contributed by atoms with van der Waals surface area (Å²) >= 11 is 2.63. The Hall–Kier alpha value is -1.82. The summed E-state index contributed by atoms with van der Waals surface area (Å²) in [6.45, 7) is 3.78. The maximum atomic E-state index is 14.0. The largest absolute Gasteiger partial charge is 0.299 e. The van der Waals surface area contributed by atoms with Crippen LogP contribution in [0.25, 0.3) is 0 Å². The van der Waals surface area contributed by atoms with Crippen molar-refractivity contribution in [1.29, 1.82) is 0 Å². The van der Waals surface area contributed by atoms with Crippen molar-refractivity contribution in [2.75, 3.05) is 17.6 Å². The second-order valence-corrected chi connectivity index (χ2v) is 9.77. The van der Waals surface area contributed by atoms with Crippen LogP contribution in [0.5, 0.6) is 0 Å². The molecule has 2 aromatic rings. The van der Waals surface area contributed by atoms with Crippen LogP contribution in [0.4, 0.5) is 9.52 Å². The molecular formula is C16H17FN4O3S3. The third-order valence-corrected chi connectivity index (χ3v) is 7.80. The number of amides is 1. The van der Waals surface area contributed by atoms with Crippen molar-refractivity contribution < 1.29 is 17.6 Å². The van der Waals surface area contributed by atoms with Crippen LogP contribution in [0.15, 0.2) is 46.2 Å². The van der Waals surface area contributed by atoms with Crippen molar-refractivity contribution in [3.63, 3.8) is 0 Å². The maximum Gasteiger partial charge on any atom is 0.246 e. The molecule has 3 rings (SSSR count). The van der Waals surface area contributed by atoms with E-state index in [9.17, 15) is 17.6 Å². The Morgan fingerprint density at radius 3 is 2.96 bits per heavy atom. The van der Waals surface area contributed by atoms with E-state index in [1.165, 1.54) is 41.3 Å². The fraction of sp³-hybridized carbons (Fsp3) is 0.312. The van der Waals surface area contributed by atoms with Crippen LogP contribution in [-0.2, 0) is 14.8 Å². The second-order valence-electron chi connectivity index (χ2n) is 5.67. The van der Waals surface area contributed by atoms with Crippen molar-refractivity contribution in [2.45, 2.75) is 28.1 Å². The first-order valence-corrected chi connectivity index (χ1v) is 11.3. The van der Waals surface area contributed by atoms with E-state index in [-0.39, 0.29) is 6.54 Å². The summed E-state index contributed by atoms with van der Waals surface area (Å²) in [7, 11) is -4.11. The zero-order chi connectivity index (χ0) is 19.4. The van der Waals surface area contributed by atoms with Crippen molar-refractivity contribution >= 4 is 44.2 Å². The van der Waals surface area contributed by atoms with Gasteiger partial charge in [0.05, 0.1) is 0 Å². The van der Waals surface area contributed by atoms with Gasteiger partial charge in [-0.25, -0.2) is 12.8 Å². The lowest BCUT2D eigenvalue weighted by molar-refractivity contribution is -0.119. The zero-order valence-electron chi connectivity index (χ0n) is 14.2. The minimum absolute atomic E-state index is 0.158. The van der Waals surface area contributed by atoms with Gasteiger partial charge >= 0.3 is 0 Å². The van der Waals surface area contributed by atoms with E-state index in [1.807, 2.05) is 0 Å². The van der Waals surface area contributed by atoms with Crippen LogP contribution >= 0.6 is 23.1 Å². The smallest absolute Gasteiger partial charge is 0.246 e. The van der Waals surface area contributed by atoms with Crippen LogP contribution in [0.3, 0.4) is 0 Å². The van der Waals surface area contributed by atoms with Gasteiger partial charge in [-0.2, -0.15) is 4.31 Å². The molecule has 2 heterocycles. The summed E-state index contributed by atoms with van der Waals surface area (Å²) in [5.74, 6) is -0.666. The number of aromatic nitrogens is 2. The quantitative estimate of drug-likeness (QED) is 0.414. The standard InChI is InChI=1S/C16H17FN4O3S3/c1-2-10-25-16-20-19-15(26-16)18-14(22)12-7-5-9-21(12)27(23,24)13-8-4-3-6-11(13)17/h2-4,6,8,12H,1,5,7,9-10H2,(H,18,19,22)/t12-/m0/s1. The number of carbonyl (C=O) groups excluding carboxylic acids is 1. The summed E-state index contributed by atoms with van der Waals surface area (Å²) in [6.07, 6.45) is 2.60. The van der Waals surface area contributed by atoms with E-state index < -0.39 is 32.7 Å². The number of nitrogens with zero attached hydrogens (tertiary/aromatic N) is 3. The Balaban J connectivity index is 1.76. The Bertz CT molecular complexity index is 948. The van der Waals surface area contributed by atoms with E-state index in [1.54, 1.807) is 6.08 Å². The molecule has 1 aromatic heterocycles. The van der Waals surface area contributed by atoms with Gasteiger partial charge in [-0.05, 0) is 25.0 Å². The number of hydrogen-bond donors (Lipinski definition) is 1. The summed E-state index contributed by atoms with van der Waals surface area (Å²) in [5.41, 5.74) is 0. The normalized spacial score (nSPS) is 17.7. The van der Waals surface area contributed by atoms with Crippen molar-refractivity contribution in [3.05, 3.63) is 42.7 Å². The predicted octanol–water partition coefficient (Wildman–Crippen LogP) is 2.75. The fourth-order valence-corrected chi connectivity index (χ4v) is 5.95. The van der Waals surface area contributed by atoms with Gasteiger partial charge in [0.2, 0.25) is 21.1 Å². The molecule has 1 aliphatic heterocycles. The highest BCUT2D eigenvalue weighted by Crippen LogP contribution is 2.29. The first-order valence-electron chi connectivity index (χ1n) is 8.08. The van der Waals surface area contributed by atoms with Crippen molar-refractivity contribution in [3.8, 4) is 0 Å². The molecule has 1 saturated heterocycles. The molecule has 0 bridgehead atoms. The van der Waals surface area contributed by atoms with Crippen molar-refractivity contribution in [1.82, 2.24) is 14.5 Å². The third kappa shape index (κ3) is 4.37. The molecule has 1 amide bonds. The molecule has 1 N–H and O–H groups in total. The molecule has 0 saturated carbocycles. The number of rotatable bonds is 7. The van der Waals surface area contributed by atoms with Crippen LogP contribution in [-0.4, -0.2) is 47.2 Å². The summed E-state index contributed by atoms with van der Waals surface area (Å²) in [4.78, 5) is 12.2. The molecule has 1 aromatic carbocycles. The van der Waals surface area contributed by atoms with Gasteiger partial charge in [0.25, 0.3) is 0 Å². The topological polar surface area (TPSA) is 92.3 Å². The summed E-state index contributed by atoms with van der Waals surface area (Å²) < 4.78 is 41.3. The number of benzene rings is 1. The van der Waals surface area contributed by atoms with E-state index in [4.69, 9.17) is 0 Å². The molecule has 0 radical (unpaired) electrons. The Morgan fingerprint density at radius 2 is 2.22 bits per heavy atom. The van der Waals surface area contributed by atoms with Gasteiger partial charge in [0.15, 0.2) is 4.34 Å². The number of hydrogen-bond acceptors (Lipinski definition) is 7. The molecular weight excluding hydrogens is 411 g/mol. The molecule has 0 unspecified atom stereocenters. The fourth-order valence-electron chi connectivity index (χ4n) is 2.71. The number of carbonyl (C=O) groups is 1. The highest BCUT2D eigenvalue weighted by atomic mass is 32.2. The predicted molar refractivity (Wildman–Crippen MR) is 103 cm³/mol. The minimum Gasteiger partial charge on any atom is -0.299 e. The van der Waals surface area contributed by atoms with E-state index in [2.05, 4.69) is 22.1 Å². The number of thioether (sulfide) groups is 1. The molecule has 11 heteroatoms. The van der Waals surface area contributed by atoms with E-state index >= 15 is 0 Å². The van der Waals surface area contributed by atoms with E-state index in [0.717, 1.165) is 10.4 Å². The second kappa shape index (κ2) is 8.46. The molecule has 27 heavy (non-hydrogen) atoms. The number of nitrogens with one attached hydrogen (secondary N) is 1. The zero-order valence-corrected chi connectivity index (χ0v) is 16.6. The summed E-state index contributed by atoms with van der Waals surface area (Å²) in [5, 5.41) is 10.8. The molecule has 1 atom stereocenters. The Labute approximate surface area is 164 Å². The van der Waals surface area contributed by atoms with Crippen LogP contribution < -0.4 is 5.32 Å². The van der Waals surface area contributed by atoms with Gasteiger partial charge in [-0.3, -0.25) is 10.1 Å². The van der Waals surface area contributed by atoms with E-state index in [0.29, 0.717) is 28.1 Å². The number of anilines is 1. The van der Waals surface area contributed by atoms with Crippen LogP contribution in [0.1, 0.15) is 12.8 Å². The first kappa shape index (κ1) is 19.9. The average molecular weight is 429 g/mol. The Kier molecular flexibility index (Phi) is 6.25. The van der Waals surface area contributed by atoms with Gasteiger partial charge in [-0.1, -0.05) is 41.3 Å². The van der Waals surface area contributed by atoms with Gasteiger partial charge in [-0.15, -0.1) is 16.8 Å². The minimum atomic E-state index is -4.11. The van der Waals surface area contributed by atoms with Gasteiger partial charge in [0.1, 0.15) is 16.8 Å². The Morgan fingerprint density at radius 1 is 1.44 bits per heavy atom. The lowest BCUT2D eigenvalue weighted by atomic mass is 10.2. The highest BCUT2D eigenvalue weighted by molar-refractivity contribution is 8.01. The molecule has 1 fully saturated rings. The summed E-state index contributed by atoms with van der Waals surface area (Å²) in [6, 6.07) is 4.24. The molecule has 1 aliphatic rings. The van der Waals surface area contributed by atoms with Crippen molar-refractivity contribution in [2.24, 2.45) is 0 Å². The first-order chi connectivity index (χ1) is 12.9. The number of halogens is 1. The molecule has 7 nitrogen and oxygen atoms in total. The highest BCUT2D eigenvalue weighted by Gasteiger charge is 2.40. The van der Waals surface area contributed by atoms with Crippen LogP contribution in [0, 0.1) is 5.82 Å². The monoisotopic (exact) mass is 428 g/mol. The molecule has 144 valence electrons. The van der Waals surface area contributed by atoms with Gasteiger partial charge < -0.3 is 0 Å². The van der Waals surface area contributed by atoms with Crippen LogP contribution in [0.2, 0.25) is 0 Å². The number of sulfonamides is 1.